The molecule has 2 rings (SSSR count). The highest BCUT2D eigenvalue weighted by Gasteiger charge is 2.09. The quantitative estimate of drug-likeness (QED) is 0.790. The van der Waals surface area contributed by atoms with Gasteiger partial charge in [0.2, 0.25) is 0 Å². The maximum atomic E-state index is 3.94. The number of rotatable bonds is 2. The zero-order valence-corrected chi connectivity index (χ0v) is 9.29. The van der Waals surface area contributed by atoms with Crippen LogP contribution in [0.25, 0.3) is 5.57 Å². The summed E-state index contributed by atoms with van der Waals surface area (Å²) in [7, 11) is 0. The highest BCUT2D eigenvalue weighted by Crippen LogP contribution is 2.18. The third-order valence-electron chi connectivity index (χ3n) is 2.84. The van der Waals surface area contributed by atoms with Crippen LogP contribution in [0.1, 0.15) is 12.5 Å². The van der Waals surface area contributed by atoms with Crippen LogP contribution in [-0.2, 0) is 0 Å². The molecule has 0 atom stereocenters. The molecular weight excluding hydrogens is 184 g/mol. The molecule has 1 aliphatic rings. The van der Waals surface area contributed by atoms with Gasteiger partial charge in [-0.25, -0.2) is 0 Å². The van der Waals surface area contributed by atoms with Gasteiger partial charge >= 0.3 is 0 Å². The normalized spacial score (nSPS) is 16.5. The lowest BCUT2D eigenvalue weighted by Crippen LogP contribution is -2.43. The first-order valence-electron chi connectivity index (χ1n) is 5.49. The van der Waals surface area contributed by atoms with Gasteiger partial charge in [0.25, 0.3) is 0 Å². The first-order chi connectivity index (χ1) is 7.27. The van der Waals surface area contributed by atoms with E-state index in [4.69, 9.17) is 0 Å². The molecule has 0 aliphatic carbocycles. The summed E-state index contributed by atoms with van der Waals surface area (Å²) in [4.78, 5) is 2.42. The predicted molar refractivity (Wildman–Crippen MR) is 66.2 cm³/mol. The average molecular weight is 202 g/mol. The molecule has 1 N–H and O–H groups in total. The Hall–Kier alpha value is -1.28. The first kappa shape index (κ1) is 10.2. The van der Waals surface area contributed by atoms with Crippen molar-refractivity contribution >= 4 is 11.3 Å². The molecule has 1 aromatic rings. The van der Waals surface area contributed by atoms with E-state index in [1.165, 1.54) is 11.3 Å². The SMILES string of the molecule is C=C(C)c1ccc(N2CCNCC2)cc1. The molecule has 0 radical (unpaired) electrons. The topological polar surface area (TPSA) is 15.3 Å². The molecule has 80 valence electrons. The average Bonchev–Trinajstić information content (AvgIpc) is 2.30. The molecule has 0 aromatic heterocycles. The molecule has 1 aliphatic heterocycles. The van der Waals surface area contributed by atoms with Crippen molar-refractivity contribution in [2.45, 2.75) is 6.92 Å². The van der Waals surface area contributed by atoms with Crippen LogP contribution in [0.4, 0.5) is 5.69 Å². The summed E-state index contributed by atoms with van der Waals surface area (Å²) in [5, 5.41) is 3.36. The van der Waals surface area contributed by atoms with E-state index in [9.17, 15) is 0 Å². The van der Waals surface area contributed by atoms with E-state index in [2.05, 4.69) is 41.1 Å². The van der Waals surface area contributed by atoms with Crippen LogP contribution >= 0.6 is 0 Å². The number of nitrogens with zero attached hydrogens (tertiary/aromatic N) is 1. The number of hydrogen-bond acceptors (Lipinski definition) is 2. The van der Waals surface area contributed by atoms with E-state index in [1.807, 2.05) is 6.92 Å². The first-order valence-corrected chi connectivity index (χ1v) is 5.49. The summed E-state index contributed by atoms with van der Waals surface area (Å²) in [5.41, 5.74) is 3.68. The number of piperazine rings is 1. The van der Waals surface area contributed by atoms with Crippen LogP contribution < -0.4 is 10.2 Å². The van der Waals surface area contributed by atoms with Crippen molar-refractivity contribution in [2.75, 3.05) is 31.1 Å². The molecule has 1 heterocycles. The number of benzene rings is 1. The minimum Gasteiger partial charge on any atom is -0.369 e. The van der Waals surface area contributed by atoms with Gasteiger partial charge in [-0.2, -0.15) is 0 Å². The maximum Gasteiger partial charge on any atom is 0.0367 e. The van der Waals surface area contributed by atoms with Crippen LogP contribution in [0.15, 0.2) is 30.8 Å². The van der Waals surface area contributed by atoms with Crippen molar-refractivity contribution in [3.63, 3.8) is 0 Å². The molecule has 2 nitrogen and oxygen atoms in total. The van der Waals surface area contributed by atoms with Crippen LogP contribution in [0.3, 0.4) is 0 Å². The molecule has 2 heteroatoms. The minimum atomic E-state index is 1.09. The summed E-state index contributed by atoms with van der Waals surface area (Å²) in [6.07, 6.45) is 0. The fourth-order valence-corrected chi connectivity index (χ4v) is 1.88. The smallest absolute Gasteiger partial charge is 0.0367 e. The lowest BCUT2D eigenvalue weighted by atomic mass is 10.1. The Morgan fingerprint density at radius 3 is 2.33 bits per heavy atom. The van der Waals surface area contributed by atoms with Crippen molar-refractivity contribution < 1.29 is 0 Å². The summed E-state index contributed by atoms with van der Waals surface area (Å²) in [6, 6.07) is 8.68. The second-order valence-corrected chi connectivity index (χ2v) is 4.06. The van der Waals surface area contributed by atoms with E-state index in [0.29, 0.717) is 0 Å². The van der Waals surface area contributed by atoms with Crippen molar-refractivity contribution in [3.8, 4) is 0 Å². The molecule has 1 aromatic carbocycles. The van der Waals surface area contributed by atoms with E-state index < -0.39 is 0 Å². The molecular formula is C13H18N2. The number of anilines is 1. The number of hydrogen-bond donors (Lipinski definition) is 1. The summed E-state index contributed by atoms with van der Waals surface area (Å²) in [5.74, 6) is 0. The monoisotopic (exact) mass is 202 g/mol. The molecule has 1 saturated heterocycles. The van der Waals surface area contributed by atoms with E-state index in [1.54, 1.807) is 0 Å². The zero-order valence-electron chi connectivity index (χ0n) is 9.29. The van der Waals surface area contributed by atoms with E-state index in [0.717, 1.165) is 31.8 Å². The van der Waals surface area contributed by atoms with Gasteiger partial charge in [-0.3, -0.25) is 0 Å². The maximum absolute atomic E-state index is 3.94. The van der Waals surface area contributed by atoms with Crippen LogP contribution in [0.2, 0.25) is 0 Å². The molecule has 0 amide bonds. The Morgan fingerprint density at radius 2 is 1.80 bits per heavy atom. The molecule has 0 unspecified atom stereocenters. The minimum absolute atomic E-state index is 1.09. The van der Waals surface area contributed by atoms with Crippen LogP contribution in [0, 0.1) is 0 Å². The van der Waals surface area contributed by atoms with Crippen molar-refractivity contribution in [3.05, 3.63) is 36.4 Å². The van der Waals surface area contributed by atoms with Crippen LogP contribution in [-0.4, -0.2) is 26.2 Å². The van der Waals surface area contributed by atoms with Crippen molar-refractivity contribution in [1.82, 2.24) is 5.32 Å². The van der Waals surface area contributed by atoms with Crippen molar-refractivity contribution in [1.29, 1.82) is 0 Å². The second-order valence-electron chi connectivity index (χ2n) is 4.06. The van der Waals surface area contributed by atoms with Gasteiger partial charge < -0.3 is 10.2 Å². The van der Waals surface area contributed by atoms with Gasteiger partial charge in [0.1, 0.15) is 0 Å². The Bertz CT molecular complexity index is 334. The zero-order chi connectivity index (χ0) is 10.7. The van der Waals surface area contributed by atoms with Crippen LogP contribution in [0.5, 0.6) is 0 Å². The van der Waals surface area contributed by atoms with Gasteiger partial charge in [-0.1, -0.05) is 24.3 Å². The summed E-state index contributed by atoms with van der Waals surface area (Å²) < 4.78 is 0. The summed E-state index contributed by atoms with van der Waals surface area (Å²) in [6.45, 7) is 10.4. The van der Waals surface area contributed by atoms with E-state index >= 15 is 0 Å². The summed E-state index contributed by atoms with van der Waals surface area (Å²) >= 11 is 0. The highest BCUT2D eigenvalue weighted by molar-refractivity contribution is 5.64. The largest absolute Gasteiger partial charge is 0.369 e. The number of nitrogens with one attached hydrogen (secondary N) is 1. The molecule has 0 bridgehead atoms. The Labute approximate surface area is 91.6 Å². The van der Waals surface area contributed by atoms with Gasteiger partial charge in [0.15, 0.2) is 0 Å². The Kier molecular flexibility index (Phi) is 3.07. The fraction of sp³-hybridized carbons (Fsp3) is 0.385. The predicted octanol–water partition coefficient (Wildman–Crippen LogP) is 2.13. The Balaban J connectivity index is 2.11. The molecule has 0 saturated carbocycles. The standard InChI is InChI=1S/C13H18N2/c1-11(2)12-3-5-13(6-4-12)15-9-7-14-8-10-15/h3-6,14H,1,7-10H2,2H3. The van der Waals surface area contributed by atoms with Gasteiger partial charge in [0.05, 0.1) is 0 Å². The van der Waals surface area contributed by atoms with Gasteiger partial charge in [0, 0.05) is 31.9 Å². The lowest BCUT2D eigenvalue weighted by Gasteiger charge is -2.29. The fourth-order valence-electron chi connectivity index (χ4n) is 1.88. The molecule has 15 heavy (non-hydrogen) atoms. The second kappa shape index (κ2) is 4.49. The van der Waals surface area contributed by atoms with Gasteiger partial charge in [-0.15, -0.1) is 0 Å². The number of allylic oxidation sites excluding steroid dienone is 1. The van der Waals surface area contributed by atoms with Crippen molar-refractivity contribution in [2.24, 2.45) is 0 Å². The molecule has 0 spiro atoms. The Morgan fingerprint density at radius 1 is 1.20 bits per heavy atom. The van der Waals surface area contributed by atoms with Gasteiger partial charge in [-0.05, 0) is 24.6 Å². The third-order valence-corrected chi connectivity index (χ3v) is 2.84. The lowest BCUT2D eigenvalue weighted by molar-refractivity contribution is 0.589. The molecule has 1 fully saturated rings. The van der Waals surface area contributed by atoms with E-state index in [-0.39, 0.29) is 0 Å². The highest BCUT2D eigenvalue weighted by atomic mass is 15.2. The third kappa shape index (κ3) is 2.39.